The van der Waals surface area contributed by atoms with E-state index in [9.17, 15) is 10.1 Å². The largest absolute Gasteiger partial charge is 0.279 e. The van der Waals surface area contributed by atoms with E-state index in [1.165, 1.54) is 12.1 Å². The fourth-order valence-electron chi connectivity index (χ4n) is 0.638. The van der Waals surface area contributed by atoms with E-state index >= 15 is 0 Å². The lowest BCUT2D eigenvalue weighted by Gasteiger charge is -1.96. The first-order chi connectivity index (χ1) is 5.11. The molecule has 50 valence electrons. The van der Waals surface area contributed by atoms with Gasteiger partial charge in [0.2, 0.25) is 0 Å². The third kappa shape index (κ3) is 1.58. The molecule has 0 saturated heterocycles. The van der Waals surface area contributed by atoms with E-state index in [2.05, 4.69) is 4.98 Å². The SMILES string of the molecule is [B]c1ccc([N+](=O)[O-])c([B])n1. The van der Waals surface area contributed by atoms with Gasteiger partial charge >= 0.3 is 0 Å². The lowest BCUT2D eigenvalue weighted by molar-refractivity contribution is -0.383. The molecular weight excluding hydrogens is 142 g/mol. The van der Waals surface area contributed by atoms with Crippen molar-refractivity contribution in [2.75, 3.05) is 0 Å². The molecule has 4 radical (unpaired) electrons. The molecule has 0 atom stereocenters. The van der Waals surface area contributed by atoms with Crippen molar-refractivity contribution in [1.29, 1.82) is 0 Å². The average Bonchev–Trinajstić information content (AvgIpc) is 1.85. The Morgan fingerprint density at radius 3 is 2.55 bits per heavy atom. The van der Waals surface area contributed by atoms with E-state index in [0.717, 1.165) is 0 Å². The van der Waals surface area contributed by atoms with Crippen LogP contribution in [0, 0.1) is 10.1 Å². The third-order valence-corrected chi connectivity index (χ3v) is 1.12. The quantitative estimate of drug-likeness (QED) is 0.276. The summed E-state index contributed by atoms with van der Waals surface area (Å²) in [5.41, 5.74) is -0.206. The fourth-order valence-corrected chi connectivity index (χ4v) is 0.638. The van der Waals surface area contributed by atoms with Crippen molar-refractivity contribution in [3.8, 4) is 0 Å². The molecule has 0 aliphatic rings. The van der Waals surface area contributed by atoms with Gasteiger partial charge in [-0.05, 0) is 11.7 Å². The molecule has 0 aliphatic heterocycles. The molecule has 0 N–H and O–H groups in total. The van der Waals surface area contributed by atoms with Gasteiger partial charge in [0, 0.05) is 6.07 Å². The smallest absolute Gasteiger partial charge is 0.274 e. The highest BCUT2D eigenvalue weighted by molar-refractivity contribution is 6.36. The second kappa shape index (κ2) is 2.74. The van der Waals surface area contributed by atoms with Crippen LogP contribution in [0.1, 0.15) is 0 Å². The number of nitro groups is 1. The minimum Gasteiger partial charge on any atom is -0.274 e. The minimum atomic E-state index is -0.609. The van der Waals surface area contributed by atoms with Crippen LogP contribution in [0.25, 0.3) is 0 Å². The van der Waals surface area contributed by atoms with Crippen LogP contribution in [-0.2, 0) is 0 Å². The summed E-state index contributed by atoms with van der Waals surface area (Å²) in [6, 6.07) is 2.55. The Bertz CT molecular complexity index is 303. The van der Waals surface area contributed by atoms with Gasteiger partial charge in [-0.2, -0.15) is 0 Å². The molecule has 11 heavy (non-hydrogen) atoms. The maximum Gasteiger partial charge on any atom is 0.279 e. The van der Waals surface area contributed by atoms with E-state index in [1.54, 1.807) is 0 Å². The van der Waals surface area contributed by atoms with Gasteiger partial charge in [0.25, 0.3) is 5.69 Å². The molecular formula is C5H2B2N2O2. The molecule has 0 spiro atoms. The van der Waals surface area contributed by atoms with Crippen molar-refractivity contribution < 1.29 is 4.92 Å². The van der Waals surface area contributed by atoms with Gasteiger partial charge in [0.05, 0.1) is 10.5 Å². The summed E-state index contributed by atoms with van der Waals surface area (Å²) in [5.74, 6) is 0. The van der Waals surface area contributed by atoms with Gasteiger partial charge in [0.15, 0.2) is 7.85 Å². The minimum absolute atomic E-state index is 0.157. The highest BCUT2D eigenvalue weighted by atomic mass is 16.6. The lowest BCUT2D eigenvalue weighted by atomic mass is 9.97. The summed E-state index contributed by atoms with van der Waals surface area (Å²) in [5, 5.41) is 10.2. The van der Waals surface area contributed by atoms with Crippen LogP contribution >= 0.6 is 0 Å². The fraction of sp³-hybridized carbons (Fsp3) is 0. The Kier molecular flexibility index (Phi) is 1.94. The summed E-state index contributed by atoms with van der Waals surface area (Å²) in [4.78, 5) is 13.1. The van der Waals surface area contributed by atoms with Crippen LogP contribution in [0.15, 0.2) is 12.1 Å². The van der Waals surface area contributed by atoms with Crippen molar-refractivity contribution in [1.82, 2.24) is 4.98 Å². The van der Waals surface area contributed by atoms with Crippen molar-refractivity contribution in [2.45, 2.75) is 0 Å². The molecule has 1 aromatic rings. The molecule has 0 amide bonds. The molecule has 0 unspecified atom stereocenters. The van der Waals surface area contributed by atoms with E-state index in [0.29, 0.717) is 0 Å². The zero-order valence-corrected chi connectivity index (χ0v) is 5.52. The predicted octanol–water partition coefficient (Wildman–Crippen LogP) is -1.42. The van der Waals surface area contributed by atoms with Crippen molar-refractivity contribution >= 4 is 32.6 Å². The molecule has 0 aromatic carbocycles. The molecule has 0 fully saturated rings. The number of nitrogens with zero attached hydrogens (tertiary/aromatic N) is 2. The van der Waals surface area contributed by atoms with Crippen LogP contribution < -0.4 is 11.2 Å². The molecule has 0 bridgehead atoms. The van der Waals surface area contributed by atoms with Crippen LogP contribution in [0.2, 0.25) is 0 Å². The molecule has 1 rings (SSSR count). The van der Waals surface area contributed by atoms with Gasteiger partial charge in [-0.25, -0.2) is 0 Å². The number of pyridine rings is 1. The molecule has 4 nitrogen and oxygen atoms in total. The maximum atomic E-state index is 10.2. The number of hydrogen-bond acceptors (Lipinski definition) is 3. The topological polar surface area (TPSA) is 56.0 Å². The summed E-state index contributed by atoms with van der Waals surface area (Å²) in [7, 11) is 10.4. The molecule has 1 aromatic heterocycles. The second-order valence-electron chi connectivity index (χ2n) is 1.90. The van der Waals surface area contributed by atoms with Gasteiger partial charge in [-0.1, -0.05) is 0 Å². The van der Waals surface area contributed by atoms with Gasteiger partial charge in [-0.15, -0.1) is 0 Å². The summed E-state index contributed by atoms with van der Waals surface area (Å²) < 4.78 is 0. The predicted molar refractivity (Wildman–Crippen MR) is 41.7 cm³/mol. The Hall–Kier alpha value is -1.32. The van der Waals surface area contributed by atoms with E-state index in [4.69, 9.17) is 15.7 Å². The molecule has 1 heterocycles. The van der Waals surface area contributed by atoms with Crippen LogP contribution in [0.3, 0.4) is 0 Å². The Morgan fingerprint density at radius 2 is 2.09 bits per heavy atom. The van der Waals surface area contributed by atoms with Gasteiger partial charge < -0.3 is 0 Å². The Balaban J connectivity index is 3.20. The summed E-state index contributed by atoms with van der Waals surface area (Å²) in [6.45, 7) is 0. The maximum absolute atomic E-state index is 10.2. The van der Waals surface area contributed by atoms with E-state index in [1.807, 2.05) is 0 Å². The first-order valence-corrected chi connectivity index (χ1v) is 2.77. The van der Waals surface area contributed by atoms with Crippen molar-refractivity contribution in [3.05, 3.63) is 22.2 Å². The standard InChI is InChI=1S/C5H2B2N2O2/c6-4-2-1-3(9(10)11)5(7)8-4/h1-2H. The highest BCUT2D eigenvalue weighted by Gasteiger charge is 2.08. The first-order valence-electron chi connectivity index (χ1n) is 2.77. The zero-order valence-electron chi connectivity index (χ0n) is 5.52. The average molecular weight is 144 g/mol. The number of aromatic nitrogens is 1. The molecule has 6 heteroatoms. The first kappa shape index (κ1) is 7.78. The number of hydrogen-bond donors (Lipinski definition) is 0. The van der Waals surface area contributed by atoms with Crippen LogP contribution in [-0.4, -0.2) is 25.6 Å². The highest BCUT2D eigenvalue weighted by Crippen LogP contribution is 2.00. The van der Waals surface area contributed by atoms with Crippen LogP contribution in [0.5, 0.6) is 0 Å². The second-order valence-corrected chi connectivity index (χ2v) is 1.90. The monoisotopic (exact) mass is 144 g/mol. The van der Waals surface area contributed by atoms with Gasteiger partial charge in [0.1, 0.15) is 7.85 Å². The van der Waals surface area contributed by atoms with Crippen LogP contribution in [0.4, 0.5) is 5.69 Å². The van der Waals surface area contributed by atoms with E-state index in [-0.39, 0.29) is 16.9 Å². The van der Waals surface area contributed by atoms with Crippen molar-refractivity contribution in [3.63, 3.8) is 0 Å². The third-order valence-electron chi connectivity index (χ3n) is 1.12. The summed E-state index contributed by atoms with van der Waals surface area (Å²) in [6.07, 6.45) is 0. The Labute approximate surface area is 65.6 Å². The normalized spacial score (nSPS) is 9.45. The molecule has 0 aliphatic carbocycles. The summed E-state index contributed by atoms with van der Waals surface area (Å²) >= 11 is 0. The number of rotatable bonds is 1. The van der Waals surface area contributed by atoms with E-state index < -0.39 is 4.92 Å². The lowest BCUT2D eigenvalue weighted by Crippen LogP contribution is -2.22. The molecule has 0 saturated carbocycles. The Morgan fingerprint density at radius 1 is 1.45 bits per heavy atom. The van der Waals surface area contributed by atoms with Gasteiger partial charge in [-0.3, -0.25) is 15.1 Å². The zero-order chi connectivity index (χ0) is 8.43. The van der Waals surface area contributed by atoms with Crippen molar-refractivity contribution in [2.24, 2.45) is 0 Å².